The molecular weight excluding hydrogens is 228 g/mol. The van der Waals surface area contributed by atoms with Gasteiger partial charge in [-0.25, -0.2) is 8.42 Å². The Morgan fingerprint density at radius 1 is 1.45 bits per heavy atom. The molecule has 0 aromatic carbocycles. The minimum Gasteiger partial charge on any atom is -0.229 e. The van der Waals surface area contributed by atoms with Crippen LogP contribution in [0.15, 0.2) is 0 Å². The van der Waals surface area contributed by atoms with Gasteiger partial charge in [-0.3, -0.25) is 0 Å². The third-order valence-corrected chi connectivity index (χ3v) is 3.59. The maximum absolute atomic E-state index is 10.8. The van der Waals surface area contributed by atoms with Crippen LogP contribution in [0.4, 0.5) is 0 Å². The average Bonchev–Trinajstić information content (AvgIpc) is 1.88. The number of hydrogen-bond acceptors (Lipinski definition) is 2. The van der Waals surface area contributed by atoms with Crippen molar-refractivity contribution in [2.24, 2.45) is 5.92 Å². The fourth-order valence-corrected chi connectivity index (χ4v) is 2.31. The van der Waals surface area contributed by atoms with Gasteiger partial charge >= 0.3 is 0 Å². The van der Waals surface area contributed by atoms with Gasteiger partial charge in [-0.05, 0) is 12.3 Å². The topological polar surface area (TPSA) is 34.1 Å². The van der Waals surface area contributed by atoms with E-state index >= 15 is 0 Å². The molecule has 0 amide bonds. The molecule has 68 valence electrons. The average molecular weight is 243 g/mol. The Bertz CT molecular complexity index is 183. The van der Waals surface area contributed by atoms with Crippen molar-refractivity contribution in [3.63, 3.8) is 0 Å². The Kier molecular flexibility index (Phi) is 5.34. The molecule has 2 nitrogen and oxygen atoms in total. The fourth-order valence-electron chi connectivity index (χ4n) is 0.771. The molecule has 0 aliphatic carbocycles. The zero-order valence-electron chi connectivity index (χ0n) is 7.01. The minimum atomic E-state index is -2.76. The highest BCUT2D eigenvalue weighted by atomic mass is 79.9. The van der Waals surface area contributed by atoms with Gasteiger partial charge in [-0.2, -0.15) is 0 Å². The summed E-state index contributed by atoms with van der Waals surface area (Å²) in [7, 11) is -2.76. The van der Waals surface area contributed by atoms with Crippen LogP contribution in [0.25, 0.3) is 0 Å². The Hall–Kier alpha value is 0.430. The van der Waals surface area contributed by atoms with E-state index < -0.39 is 9.84 Å². The van der Waals surface area contributed by atoms with Gasteiger partial charge in [0.15, 0.2) is 0 Å². The van der Waals surface area contributed by atoms with E-state index in [1.807, 2.05) is 0 Å². The van der Waals surface area contributed by atoms with E-state index in [1.165, 1.54) is 6.26 Å². The second-order valence-electron chi connectivity index (χ2n) is 2.85. The van der Waals surface area contributed by atoms with Crippen LogP contribution in [-0.2, 0) is 9.84 Å². The van der Waals surface area contributed by atoms with Crippen molar-refractivity contribution in [3.05, 3.63) is 0 Å². The molecule has 0 aromatic rings. The van der Waals surface area contributed by atoms with Crippen LogP contribution in [-0.4, -0.2) is 25.8 Å². The Morgan fingerprint density at radius 2 is 2.00 bits per heavy atom. The third-order valence-electron chi connectivity index (χ3n) is 1.69. The summed E-state index contributed by atoms with van der Waals surface area (Å²) in [4.78, 5) is 0. The first-order chi connectivity index (χ1) is 4.99. The van der Waals surface area contributed by atoms with Crippen molar-refractivity contribution in [1.29, 1.82) is 0 Å². The second-order valence-corrected chi connectivity index (χ2v) is 5.75. The van der Waals surface area contributed by atoms with Crippen LogP contribution in [0.2, 0.25) is 0 Å². The van der Waals surface area contributed by atoms with Gasteiger partial charge < -0.3 is 0 Å². The zero-order valence-corrected chi connectivity index (χ0v) is 9.41. The first kappa shape index (κ1) is 11.4. The van der Waals surface area contributed by atoms with Crippen molar-refractivity contribution in [1.82, 2.24) is 0 Å². The summed E-state index contributed by atoms with van der Waals surface area (Å²) in [5.74, 6) is 0.821. The molecule has 1 unspecified atom stereocenters. The third kappa shape index (κ3) is 6.81. The summed E-state index contributed by atoms with van der Waals surface area (Å²) >= 11 is 3.35. The van der Waals surface area contributed by atoms with Gasteiger partial charge in [0.25, 0.3) is 0 Å². The van der Waals surface area contributed by atoms with Crippen molar-refractivity contribution < 1.29 is 8.42 Å². The van der Waals surface area contributed by atoms with Crippen LogP contribution >= 0.6 is 15.9 Å². The molecule has 0 N–H and O–H groups in total. The molecule has 0 aliphatic rings. The minimum absolute atomic E-state index is 0.317. The highest BCUT2D eigenvalue weighted by Crippen LogP contribution is 2.11. The molecule has 0 saturated heterocycles. The smallest absolute Gasteiger partial charge is 0.147 e. The van der Waals surface area contributed by atoms with Crippen LogP contribution in [0.3, 0.4) is 0 Å². The maximum Gasteiger partial charge on any atom is 0.147 e. The maximum atomic E-state index is 10.8. The summed E-state index contributed by atoms with van der Waals surface area (Å²) in [6.07, 6.45) is 3.11. The SMILES string of the molecule is CCC(CBr)CCS(C)(=O)=O. The van der Waals surface area contributed by atoms with Crippen molar-refractivity contribution in [3.8, 4) is 0 Å². The molecule has 0 heterocycles. The van der Waals surface area contributed by atoms with Gasteiger partial charge in [0, 0.05) is 11.6 Å². The number of halogens is 1. The number of alkyl halides is 1. The normalized spacial score (nSPS) is 14.8. The molecule has 0 aliphatic heterocycles. The Morgan fingerprint density at radius 3 is 2.27 bits per heavy atom. The van der Waals surface area contributed by atoms with E-state index in [0.29, 0.717) is 11.7 Å². The highest BCUT2D eigenvalue weighted by Gasteiger charge is 2.08. The summed E-state index contributed by atoms with van der Waals surface area (Å²) in [5.41, 5.74) is 0. The van der Waals surface area contributed by atoms with E-state index in [4.69, 9.17) is 0 Å². The number of hydrogen-bond donors (Lipinski definition) is 0. The molecule has 4 heteroatoms. The lowest BCUT2D eigenvalue weighted by Crippen LogP contribution is -2.09. The van der Waals surface area contributed by atoms with Crippen LogP contribution in [0.5, 0.6) is 0 Å². The van der Waals surface area contributed by atoms with Crippen LogP contribution in [0, 0.1) is 5.92 Å². The van der Waals surface area contributed by atoms with Gasteiger partial charge in [-0.1, -0.05) is 29.3 Å². The Balaban J connectivity index is 3.69. The molecule has 1 atom stereocenters. The van der Waals surface area contributed by atoms with E-state index in [-0.39, 0.29) is 0 Å². The largest absolute Gasteiger partial charge is 0.229 e. The second kappa shape index (κ2) is 5.14. The molecule has 11 heavy (non-hydrogen) atoms. The lowest BCUT2D eigenvalue weighted by molar-refractivity contribution is 0.544. The van der Waals surface area contributed by atoms with E-state index in [2.05, 4.69) is 22.9 Å². The van der Waals surface area contributed by atoms with Gasteiger partial charge in [-0.15, -0.1) is 0 Å². The van der Waals surface area contributed by atoms with Crippen molar-refractivity contribution >= 4 is 25.8 Å². The van der Waals surface area contributed by atoms with Gasteiger partial charge in [0.2, 0.25) is 0 Å². The Labute approximate surface area is 77.4 Å². The van der Waals surface area contributed by atoms with Crippen LogP contribution < -0.4 is 0 Å². The summed E-state index contributed by atoms with van der Waals surface area (Å²) in [6.45, 7) is 2.08. The molecule has 0 saturated carbocycles. The number of sulfone groups is 1. The molecule has 0 bridgehead atoms. The monoisotopic (exact) mass is 242 g/mol. The predicted octanol–water partition coefficient (Wildman–Crippen LogP) is 1.84. The molecule has 0 radical (unpaired) electrons. The molecular formula is C7H15BrO2S. The van der Waals surface area contributed by atoms with Crippen molar-refractivity contribution in [2.45, 2.75) is 19.8 Å². The highest BCUT2D eigenvalue weighted by molar-refractivity contribution is 9.09. The first-order valence-electron chi connectivity index (χ1n) is 3.73. The number of rotatable bonds is 5. The standard InChI is InChI=1S/C7H15BrO2S/c1-3-7(6-8)4-5-11(2,9)10/h7H,3-6H2,1-2H3. The lowest BCUT2D eigenvalue weighted by Gasteiger charge is -2.08. The van der Waals surface area contributed by atoms with E-state index in [0.717, 1.165) is 18.2 Å². The quantitative estimate of drug-likeness (QED) is 0.690. The van der Waals surface area contributed by atoms with Crippen LogP contribution in [0.1, 0.15) is 19.8 Å². The van der Waals surface area contributed by atoms with Gasteiger partial charge in [0.1, 0.15) is 9.84 Å². The summed E-state index contributed by atoms with van der Waals surface area (Å²) in [5, 5.41) is 0.902. The predicted molar refractivity (Wildman–Crippen MR) is 51.9 cm³/mol. The van der Waals surface area contributed by atoms with E-state index in [9.17, 15) is 8.42 Å². The zero-order chi connectivity index (χ0) is 8.91. The van der Waals surface area contributed by atoms with E-state index in [1.54, 1.807) is 0 Å². The summed E-state index contributed by atoms with van der Waals surface area (Å²) in [6, 6.07) is 0. The molecule has 0 aromatic heterocycles. The molecule has 0 spiro atoms. The molecule has 0 fully saturated rings. The molecule has 0 rings (SSSR count). The summed E-state index contributed by atoms with van der Waals surface area (Å²) < 4.78 is 21.5. The van der Waals surface area contributed by atoms with Crippen molar-refractivity contribution in [2.75, 3.05) is 17.3 Å². The first-order valence-corrected chi connectivity index (χ1v) is 6.91. The lowest BCUT2D eigenvalue weighted by atomic mass is 10.1. The van der Waals surface area contributed by atoms with Gasteiger partial charge in [0.05, 0.1) is 5.75 Å². The fraction of sp³-hybridized carbons (Fsp3) is 1.00.